The van der Waals surface area contributed by atoms with Crippen molar-refractivity contribution in [3.63, 3.8) is 0 Å². The Hall–Kier alpha value is -1.69. The molecule has 2 heterocycles. The first-order valence-electron chi connectivity index (χ1n) is 9.55. The Labute approximate surface area is 153 Å². The van der Waals surface area contributed by atoms with E-state index in [4.69, 9.17) is 18.9 Å². The molecule has 5 rings (SSSR count). The number of allylic oxidation sites excluding steroid dienone is 2. The van der Waals surface area contributed by atoms with Crippen LogP contribution in [0.15, 0.2) is 42.5 Å². The van der Waals surface area contributed by atoms with Crippen LogP contribution in [0.25, 0.3) is 0 Å². The number of hydrogen-bond donors (Lipinski definition) is 0. The van der Waals surface area contributed by atoms with E-state index in [9.17, 15) is 4.79 Å². The van der Waals surface area contributed by atoms with Gasteiger partial charge in [0, 0.05) is 0 Å². The van der Waals surface area contributed by atoms with Crippen LogP contribution in [0.1, 0.15) is 18.4 Å². The molecule has 0 aromatic heterocycles. The number of fused-ring (bicyclic) bond motifs is 3. The molecule has 4 aliphatic rings. The second-order valence-corrected chi connectivity index (χ2v) is 7.79. The largest absolute Gasteiger partial charge is 0.457 e. The molecule has 0 N–H and O–H groups in total. The molecule has 2 unspecified atom stereocenters. The van der Waals surface area contributed by atoms with E-state index >= 15 is 0 Å². The molecule has 26 heavy (non-hydrogen) atoms. The summed E-state index contributed by atoms with van der Waals surface area (Å²) in [5.41, 5.74) is 1.13. The molecule has 0 amide bonds. The Morgan fingerprint density at radius 2 is 1.77 bits per heavy atom. The van der Waals surface area contributed by atoms with Crippen molar-refractivity contribution < 1.29 is 23.7 Å². The average molecular weight is 356 g/mol. The summed E-state index contributed by atoms with van der Waals surface area (Å²) in [4.78, 5) is 12.6. The first kappa shape index (κ1) is 16.5. The van der Waals surface area contributed by atoms with Gasteiger partial charge in [0.05, 0.1) is 25.7 Å². The zero-order valence-corrected chi connectivity index (χ0v) is 14.7. The predicted octanol–water partition coefficient (Wildman–Crippen LogP) is 2.49. The second kappa shape index (κ2) is 6.80. The minimum atomic E-state index is -0.319. The Kier molecular flexibility index (Phi) is 4.31. The molecule has 1 aromatic rings. The van der Waals surface area contributed by atoms with Crippen molar-refractivity contribution in [2.75, 3.05) is 13.2 Å². The van der Waals surface area contributed by atoms with Crippen LogP contribution in [0.4, 0.5) is 0 Å². The van der Waals surface area contributed by atoms with Crippen molar-refractivity contribution >= 4 is 5.97 Å². The molecule has 5 heteroatoms. The van der Waals surface area contributed by atoms with E-state index in [2.05, 4.69) is 12.2 Å². The fourth-order valence-electron chi connectivity index (χ4n) is 4.74. The van der Waals surface area contributed by atoms with E-state index < -0.39 is 0 Å². The molecule has 1 aromatic carbocycles. The highest BCUT2D eigenvalue weighted by Crippen LogP contribution is 2.44. The van der Waals surface area contributed by atoms with Crippen molar-refractivity contribution in [3.05, 3.63) is 48.0 Å². The number of rotatable bonds is 5. The van der Waals surface area contributed by atoms with E-state index in [1.165, 1.54) is 0 Å². The van der Waals surface area contributed by atoms with Crippen molar-refractivity contribution in [2.24, 2.45) is 17.8 Å². The monoisotopic (exact) mass is 356 g/mol. The Bertz CT molecular complexity index is 687. The van der Waals surface area contributed by atoms with E-state index in [1.54, 1.807) is 0 Å². The topological polar surface area (TPSA) is 54.0 Å². The van der Waals surface area contributed by atoms with Gasteiger partial charge in [-0.3, -0.25) is 4.79 Å². The minimum absolute atomic E-state index is 0.00980. The Morgan fingerprint density at radius 1 is 1.00 bits per heavy atom. The van der Waals surface area contributed by atoms with E-state index in [1.807, 2.05) is 30.3 Å². The van der Waals surface area contributed by atoms with Gasteiger partial charge >= 0.3 is 5.97 Å². The molecule has 3 fully saturated rings. The SMILES string of the molecule is O=C(O[C@@H]1COC2C1OC[C@H]2OCc1ccccc1)[C@@H]1C[C@@H]2C=C[C@H]1C2. The summed E-state index contributed by atoms with van der Waals surface area (Å²) in [7, 11) is 0. The van der Waals surface area contributed by atoms with Crippen LogP contribution in [0.5, 0.6) is 0 Å². The van der Waals surface area contributed by atoms with Crippen molar-refractivity contribution in [1.29, 1.82) is 0 Å². The van der Waals surface area contributed by atoms with Gasteiger partial charge in [-0.15, -0.1) is 0 Å². The molecule has 1 saturated carbocycles. The Morgan fingerprint density at radius 3 is 2.50 bits per heavy atom. The zero-order valence-electron chi connectivity index (χ0n) is 14.7. The quantitative estimate of drug-likeness (QED) is 0.599. The van der Waals surface area contributed by atoms with Gasteiger partial charge in [-0.05, 0) is 30.2 Å². The normalized spacial score (nSPS) is 40.1. The molecule has 5 nitrogen and oxygen atoms in total. The van der Waals surface area contributed by atoms with Crippen LogP contribution in [-0.2, 0) is 30.3 Å². The van der Waals surface area contributed by atoms with Crippen molar-refractivity contribution in [3.8, 4) is 0 Å². The molecular formula is C21H24O5. The van der Waals surface area contributed by atoms with Gasteiger partial charge in [0.15, 0.2) is 6.10 Å². The maximum absolute atomic E-state index is 12.6. The molecule has 2 saturated heterocycles. The van der Waals surface area contributed by atoms with Gasteiger partial charge < -0.3 is 18.9 Å². The van der Waals surface area contributed by atoms with Crippen LogP contribution in [0.2, 0.25) is 0 Å². The minimum Gasteiger partial charge on any atom is -0.457 e. The summed E-state index contributed by atoms with van der Waals surface area (Å²) in [5, 5.41) is 0. The summed E-state index contributed by atoms with van der Waals surface area (Å²) < 4.78 is 23.5. The molecule has 2 bridgehead atoms. The van der Waals surface area contributed by atoms with Crippen LogP contribution < -0.4 is 0 Å². The van der Waals surface area contributed by atoms with E-state index in [-0.39, 0.29) is 36.3 Å². The van der Waals surface area contributed by atoms with Crippen LogP contribution >= 0.6 is 0 Å². The molecule has 2 aliphatic heterocycles. The number of esters is 1. The summed E-state index contributed by atoms with van der Waals surface area (Å²) in [5.74, 6) is 0.838. The highest BCUT2D eigenvalue weighted by atomic mass is 16.7. The molecule has 7 atom stereocenters. The molecule has 0 spiro atoms. The average Bonchev–Trinajstić information content (AvgIpc) is 3.44. The first-order valence-corrected chi connectivity index (χ1v) is 9.55. The van der Waals surface area contributed by atoms with Crippen LogP contribution in [-0.4, -0.2) is 43.6 Å². The summed E-state index contributed by atoms with van der Waals surface area (Å²) in [6.07, 6.45) is 5.62. The summed E-state index contributed by atoms with van der Waals surface area (Å²) >= 11 is 0. The number of carbonyl (C=O) groups is 1. The van der Waals surface area contributed by atoms with Crippen molar-refractivity contribution in [2.45, 2.75) is 43.9 Å². The molecular weight excluding hydrogens is 332 g/mol. The van der Waals surface area contributed by atoms with Crippen molar-refractivity contribution in [1.82, 2.24) is 0 Å². The fraction of sp³-hybridized carbons (Fsp3) is 0.571. The van der Waals surface area contributed by atoms with Gasteiger partial charge in [0.25, 0.3) is 0 Å². The third-order valence-corrected chi connectivity index (χ3v) is 6.12. The molecule has 0 radical (unpaired) electrons. The Balaban J connectivity index is 1.15. The lowest BCUT2D eigenvalue weighted by Crippen LogP contribution is -2.36. The predicted molar refractivity (Wildman–Crippen MR) is 93.2 cm³/mol. The fourth-order valence-corrected chi connectivity index (χ4v) is 4.74. The lowest BCUT2D eigenvalue weighted by molar-refractivity contribution is -0.159. The van der Waals surface area contributed by atoms with E-state index in [0.29, 0.717) is 31.7 Å². The maximum atomic E-state index is 12.6. The van der Waals surface area contributed by atoms with Gasteiger partial charge in [-0.2, -0.15) is 0 Å². The first-order chi connectivity index (χ1) is 12.8. The van der Waals surface area contributed by atoms with E-state index in [0.717, 1.165) is 18.4 Å². The number of ether oxygens (including phenoxy) is 4. The molecule has 138 valence electrons. The van der Waals surface area contributed by atoms with Crippen LogP contribution in [0.3, 0.4) is 0 Å². The third-order valence-electron chi connectivity index (χ3n) is 6.12. The molecule has 2 aliphatic carbocycles. The maximum Gasteiger partial charge on any atom is 0.310 e. The standard InChI is InChI=1S/C21H24O5/c22-21(16-9-14-6-7-15(16)8-14)26-18-12-25-19-17(11-24-20(18)19)23-10-13-4-2-1-3-5-13/h1-7,14-20H,8-12H2/t14-,15+,16-,17-,18-,19?,20?/m1/s1. The highest BCUT2D eigenvalue weighted by molar-refractivity contribution is 5.74. The zero-order chi connectivity index (χ0) is 17.5. The van der Waals surface area contributed by atoms with Gasteiger partial charge in [-0.1, -0.05) is 42.5 Å². The summed E-state index contributed by atoms with van der Waals surface area (Å²) in [6, 6.07) is 10.1. The number of carbonyl (C=O) groups excluding carboxylic acids is 1. The van der Waals surface area contributed by atoms with Gasteiger partial charge in [0.2, 0.25) is 0 Å². The van der Waals surface area contributed by atoms with Gasteiger partial charge in [0.1, 0.15) is 18.3 Å². The lowest BCUT2D eigenvalue weighted by Gasteiger charge is -2.21. The number of hydrogen-bond acceptors (Lipinski definition) is 5. The third kappa shape index (κ3) is 2.98. The number of benzene rings is 1. The van der Waals surface area contributed by atoms with Gasteiger partial charge in [-0.25, -0.2) is 0 Å². The second-order valence-electron chi connectivity index (χ2n) is 7.79. The smallest absolute Gasteiger partial charge is 0.310 e. The van der Waals surface area contributed by atoms with Crippen LogP contribution in [0, 0.1) is 17.8 Å². The lowest BCUT2D eigenvalue weighted by atomic mass is 9.94. The summed E-state index contributed by atoms with van der Waals surface area (Å²) in [6.45, 7) is 1.40. The highest BCUT2D eigenvalue weighted by Gasteiger charge is 2.51.